The van der Waals surface area contributed by atoms with Gasteiger partial charge in [-0.25, -0.2) is 14.6 Å². The van der Waals surface area contributed by atoms with Gasteiger partial charge in [0.2, 0.25) is 5.91 Å². The van der Waals surface area contributed by atoms with Crippen LogP contribution in [0.3, 0.4) is 0 Å². The van der Waals surface area contributed by atoms with Crippen LogP contribution in [-0.4, -0.2) is 30.2 Å². The van der Waals surface area contributed by atoms with Crippen molar-refractivity contribution in [3.05, 3.63) is 46.8 Å². The van der Waals surface area contributed by atoms with Gasteiger partial charge in [0, 0.05) is 19.2 Å². The number of aromatic nitrogens is 5. The molecule has 1 amide bonds. The smallest absolute Gasteiger partial charge is 0.264 e. The number of fused-ring (bicyclic) bond motifs is 1. The van der Waals surface area contributed by atoms with E-state index in [1.54, 1.807) is 10.9 Å². The zero-order valence-corrected chi connectivity index (χ0v) is 15.4. The highest BCUT2D eigenvalue weighted by Gasteiger charge is 2.19. The summed E-state index contributed by atoms with van der Waals surface area (Å²) in [5.74, 6) is 0.328. The molecule has 3 heterocycles. The third-order valence-corrected chi connectivity index (χ3v) is 4.04. The van der Waals surface area contributed by atoms with Gasteiger partial charge in [0.1, 0.15) is 11.2 Å². The first-order valence-electron chi connectivity index (χ1n) is 8.42. The molecular weight excluding hydrogens is 332 g/mol. The van der Waals surface area contributed by atoms with Crippen LogP contribution in [-0.2, 0) is 16.9 Å². The molecule has 0 radical (unpaired) electrons. The summed E-state index contributed by atoms with van der Waals surface area (Å²) < 4.78 is 3.16. The molecule has 3 aromatic heterocycles. The molecule has 0 aliphatic carbocycles. The SMILES string of the molecule is Cc1cccnc1NC(=O)CCn1cnc2c(cnn2C(C)(C)C)c1=O. The lowest BCUT2D eigenvalue weighted by Crippen LogP contribution is -2.26. The maximum absolute atomic E-state index is 12.6. The minimum atomic E-state index is -0.270. The second kappa shape index (κ2) is 6.70. The molecule has 0 spiro atoms. The Morgan fingerprint density at radius 3 is 2.73 bits per heavy atom. The molecule has 0 bridgehead atoms. The topological polar surface area (TPSA) is 94.7 Å². The third kappa shape index (κ3) is 3.49. The second-order valence-corrected chi connectivity index (χ2v) is 7.17. The van der Waals surface area contributed by atoms with Crippen molar-refractivity contribution in [2.24, 2.45) is 0 Å². The van der Waals surface area contributed by atoms with Crippen molar-refractivity contribution in [2.45, 2.75) is 46.2 Å². The highest BCUT2D eigenvalue weighted by atomic mass is 16.2. The largest absolute Gasteiger partial charge is 0.310 e. The Bertz CT molecular complexity index is 1010. The Hall–Kier alpha value is -3.03. The number of pyridine rings is 1. The highest BCUT2D eigenvalue weighted by molar-refractivity contribution is 5.90. The van der Waals surface area contributed by atoms with Crippen molar-refractivity contribution in [2.75, 3.05) is 5.32 Å². The van der Waals surface area contributed by atoms with E-state index < -0.39 is 0 Å². The van der Waals surface area contributed by atoms with Crippen LogP contribution in [0.5, 0.6) is 0 Å². The Balaban J connectivity index is 1.75. The van der Waals surface area contributed by atoms with Gasteiger partial charge in [-0.1, -0.05) is 6.07 Å². The first-order valence-corrected chi connectivity index (χ1v) is 8.42. The number of nitrogens with zero attached hydrogens (tertiary/aromatic N) is 5. The van der Waals surface area contributed by atoms with E-state index in [9.17, 15) is 9.59 Å². The van der Waals surface area contributed by atoms with E-state index in [2.05, 4.69) is 20.4 Å². The fraction of sp³-hybridized carbons (Fsp3) is 0.389. The molecule has 3 aromatic rings. The van der Waals surface area contributed by atoms with E-state index in [-0.39, 0.29) is 30.0 Å². The van der Waals surface area contributed by atoms with Gasteiger partial charge in [0.25, 0.3) is 5.56 Å². The van der Waals surface area contributed by atoms with E-state index >= 15 is 0 Å². The average molecular weight is 354 g/mol. The van der Waals surface area contributed by atoms with E-state index in [1.165, 1.54) is 17.1 Å². The molecule has 26 heavy (non-hydrogen) atoms. The van der Waals surface area contributed by atoms with Crippen molar-refractivity contribution in [3.63, 3.8) is 0 Å². The van der Waals surface area contributed by atoms with Gasteiger partial charge >= 0.3 is 0 Å². The molecule has 0 saturated carbocycles. The number of carbonyl (C=O) groups is 1. The van der Waals surface area contributed by atoms with Gasteiger partial charge in [-0.15, -0.1) is 0 Å². The Morgan fingerprint density at radius 1 is 1.27 bits per heavy atom. The summed E-state index contributed by atoms with van der Waals surface area (Å²) in [7, 11) is 0. The van der Waals surface area contributed by atoms with E-state index in [1.807, 2.05) is 39.8 Å². The van der Waals surface area contributed by atoms with Crippen LogP contribution < -0.4 is 10.9 Å². The zero-order valence-electron chi connectivity index (χ0n) is 15.4. The van der Waals surface area contributed by atoms with Gasteiger partial charge < -0.3 is 5.32 Å². The molecule has 3 rings (SSSR count). The first kappa shape index (κ1) is 17.8. The van der Waals surface area contributed by atoms with Crippen LogP contribution in [0.25, 0.3) is 11.0 Å². The van der Waals surface area contributed by atoms with Crippen LogP contribution in [0.1, 0.15) is 32.8 Å². The van der Waals surface area contributed by atoms with Gasteiger partial charge in [0.15, 0.2) is 5.65 Å². The van der Waals surface area contributed by atoms with Crippen molar-refractivity contribution in [1.82, 2.24) is 24.3 Å². The fourth-order valence-electron chi connectivity index (χ4n) is 2.63. The average Bonchev–Trinajstić information content (AvgIpc) is 3.01. The van der Waals surface area contributed by atoms with E-state index in [0.717, 1.165) is 5.56 Å². The number of rotatable bonds is 4. The maximum Gasteiger partial charge on any atom is 0.264 e. The van der Waals surface area contributed by atoms with Crippen molar-refractivity contribution < 1.29 is 4.79 Å². The van der Waals surface area contributed by atoms with Gasteiger partial charge in [-0.2, -0.15) is 5.10 Å². The lowest BCUT2D eigenvalue weighted by molar-refractivity contribution is -0.116. The molecule has 136 valence electrons. The Morgan fingerprint density at radius 2 is 2.04 bits per heavy atom. The molecule has 0 unspecified atom stereocenters. The molecule has 8 nitrogen and oxygen atoms in total. The number of carbonyl (C=O) groups excluding carboxylic acids is 1. The number of amides is 1. The monoisotopic (exact) mass is 354 g/mol. The predicted octanol–water partition coefficient (Wildman–Crippen LogP) is 2.08. The van der Waals surface area contributed by atoms with E-state index in [4.69, 9.17) is 0 Å². The molecule has 0 atom stereocenters. The Labute approximate surface area is 150 Å². The number of hydrogen-bond donors (Lipinski definition) is 1. The summed E-state index contributed by atoms with van der Waals surface area (Å²) in [5.41, 5.74) is 0.962. The summed E-state index contributed by atoms with van der Waals surface area (Å²) in [6.45, 7) is 8.10. The molecule has 0 fully saturated rings. The minimum Gasteiger partial charge on any atom is -0.310 e. The van der Waals surface area contributed by atoms with E-state index in [0.29, 0.717) is 16.9 Å². The van der Waals surface area contributed by atoms with Gasteiger partial charge in [-0.3, -0.25) is 14.2 Å². The van der Waals surface area contributed by atoms with Crippen molar-refractivity contribution in [1.29, 1.82) is 0 Å². The van der Waals surface area contributed by atoms with Crippen LogP contribution in [0, 0.1) is 6.92 Å². The quantitative estimate of drug-likeness (QED) is 0.774. The first-order chi connectivity index (χ1) is 12.3. The number of anilines is 1. The molecule has 0 aliphatic heterocycles. The standard InChI is InChI=1S/C18H22N6O2/c1-12-6-5-8-19-15(12)22-14(25)7-9-23-11-20-16-13(17(23)26)10-21-24(16)18(2,3)4/h5-6,8,10-11H,7,9H2,1-4H3,(H,19,22,25). The summed E-state index contributed by atoms with van der Waals surface area (Å²) in [6.07, 6.45) is 4.77. The second-order valence-electron chi connectivity index (χ2n) is 7.17. The van der Waals surface area contributed by atoms with Crippen LogP contribution >= 0.6 is 0 Å². The van der Waals surface area contributed by atoms with Crippen molar-refractivity contribution >= 4 is 22.8 Å². The van der Waals surface area contributed by atoms with Gasteiger partial charge in [-0.05, 0) is 39.3 Å². The zero-order chi connectivity index (χ0) is 18.9. The van der Waals surface area contributed by atoms with Crippen molar-refractivity contribution in [3.8, 4) is 0 Å². The number of hydrogen-bond acceptors (Lipinski definition) is 5. The molecule has 0 aliphatic rings. The highest BCUT2D eigenvalue weighted by Crippen LogP contribution is 2.17. The lowest BCUT2D eigenvalue weighted by atomic mass is 10.1. The third-order valence-electron chi connectivity index (χ3n) is 4.04. The summed E-state index contributed by atoms with van der Waals surface area (Å²) >= 11 is 0. The summed E-state index contributed by atoms with van der Waals surface area (Å²) in [4.78, 5) is 33.3. The minimum absolute atomic E-state index is 0.149. The molecular formula is C18H22N6O2. The summed E-state index contributed by atoms with van der Waals surface area (Å²) in [6, 6.07) is 3.68. The van der Waals surface area contributed by atoms with Crippen LogP contribution in [0.15, 0.2) is 35.6 Å². The number of nitrogens with one attached hydrogen (secondary N) is 1. The molecule has 0 aromatic carbocycles. The van der Waals surface area contributed by atoms with Gasteiger partial charge in [0.05, 0.1) is 18.1 Å². The normalized spacial score (nSPS) is 11.7. The molecule has 0 saturated heterocycles. The Kier molecular flexibility index (Phi) is 4.58. The lowest BCUT2D eigenvalue weighted by Gasteiger charge is -2.19. The van der Waals surface area contributed by atoms with Crippen LogP contribution in [0.4, 0.5) is 5.82 Å². The fourth-order valence-corrected chi connectivity index (χ4v) is 2.63. The number of aryl methyl sites for hydroxylation is 2. The maximum atomic E-state index is 12.6. The summed E-state index contributed by atoms with van der Waals surface area (Å²) in [5, 5.41) is 7.49. The van der Waals surface area contributed by atoms with Crippen LogP contribution in [0.2, 0.25) is 0 Å². The molecule has 8 heteroatoms. The predicted molar refractivity (Wildman–Crippen MR) is 99.0 cm³/mol. The molecule has 1 N–H and O–H groups in total.